The van der Waals surface area contributed by atoms with Gasteiger partial charge in [-0.2, -0.15) is 0 Å². The van der Waals surface area contributed by atoms with E-state index in [1.54, 1.807) is 24.3 Å². The van der Waals surface area contributed by atoms with Gasteiger partial charge in [-0.05, 0) is 69.3 Å². The zero-order valence-corrected chi connectivity index (χ0v) is 17.3. The van der Waals surface area contributed by atoms with Crippen LogP contribution in [-0.2, 0) is 0 Å². The van der Waals surface area contributed by atoms with Crippen molar-refractivity contribution >= 4 is 29.1 Å². The first-order valence-electron chi connectivity index (χ1n) is 9.42. The highest BCUT2D eigenvalue weighted by molar-refractivity contribution is 6.11. The molecule has 0 saturated carbocycles. The monoisotopic (exact) mass is 423 g/mol. The molecule has 3 amide bonds. The number of rotatable bonds is 5. The van der Waals surface area contributed by atoms with Crippen molar-refractivity contribution in [1.82, 2.24) is 9.97 Å². The predicted molar refractivity (Wildman–Crippen MR) is 114 cm³/mol. The fraction of sp³-hybridized carbons (Fsp3) is 0.182. The minimum Gasteiger partial charge on any atom is -0.364 e. The number of carbonyl (C=O) groups is 3. The number of carbonyl (C=O) groups excluding carboxylic acids is 3. The normalized spacial score (nSPS) is 11.1. The molecule has 3 aromatic rings. The van der Waals surface area contributed by atoms with Crippen LogP contribution in [-0.4, -0.2) is 33.2 Å². The van der Waals surface area contributed by atoms with Crippen LogP contribution in [0.1, 0.15) is 52.1 Å². The van der Waals surface area contributed by atoms with Gasteiger partial charge in [-0.3, -0.25) is 14.4 Å². The summed E-state index contributed by atoms with van der Waals surface area (Å²) >= 11 is 0. The summed E-state index contributed by atoms with van der Waals surface area (Å²) in [5, 5.41) is 2.72. The lowest BCUT2D eigenvalue weighted by Crippen LogP contribution is -2.46. The Balaban J connectivity index is 1.85. The molecule has 0 saturated heterocycles. The molecule has 4 N–H and O–H groups in total. The Morgan fingerprint density at radius 3 is 2.19 bits per heavy atom. The number of nitrogens with two attached hydrogens (primary N) is 1. The number of halogens is 1. The third-order valence-corrected chi connectivity index (χ3v) is 4.45. The number of aromatic nitrogens is 2. The van der Waals surface area contributed by atoms with Crippen LogP contribution >= 0.6 is 0 Å². The summed E-state index contributed by atoms with van der Waals surface area (Å²) in [6, 6.07) is 11.8. The van der Waals surface area contributed by atoms with Crippen molar-refractivity contribution in [2.75, 3.05) is 10.2 Å². The molecule has 1 aromatic heterocycles. The number of aromatic amines is 1. The largest absolute Gasteiger partial charge is 0.364 e. The van der Waals surface area contributed by atoms with Gasteiger partial charge in [0.15, 0.2) is 5.69 Å². The SMILES string of the molecule is CC(C)(C)N(C(=O)c1nc[nH]c1C(N)=O)c1ccc(NC(=O)c2ccc(F)cc2)cc1. The predicted octanol–water partition coefficient (Wildman–Crippen LogP) is 3.35. The summed E-state index contributed by atoms with van der Waals surface area (Å²) in [4.78, 5) is 45.1. The Morgan fingerprint density at radius 1 is 1.03 bits per heavy atom. The number of nitrogens with zero attached hydrogens (tertiary/aromatic N) is 2. The van der Waals surface area contributed by atoms with Crippen molar-refractivity contribution in [3.63, 3.8) is 0 Å². The van der Waals surface area contributed by atoms with Crippen LogP contribution in [0, 0.1) is 5.82 Å². The van der Waals surface area contributed by atoms with Gasteiger partial charge in [-0.15, -0.1) is 0 Å². The Hall–Kier alpha value is -4.01. The molecule has 0 spiro atoms. The van der Waals surface area contributed by atoms with Crippen molar-refractivity contribution in [1.29, 1.82) is 0 Å². The van der Waals surface area contributed by atoms with Gasteiger partial charge in [-0.25, -0.2) is 9.37 Å². The quantitative estimate of drug-likeness (QED) is 0.583. The number of amides is 3. The van der Waals surface area contributed by atoms with E-state index in [1.807, 2.05) is 20.8 Å². The van der Waals surface area contributed by atoms with E-state index < -0.39 is 23.2 Å². The van der Waals surface area contributed by atoms with Crippen LogP contribution in [0.5, 0.6) is 0 Å². The molecule has 1 heterocycles. The average molecular weight is 423 g/mol. The number of benzene rings is 2. The first kappa shape index (κ1) is 21.7. The van der Waals surface area contributed by atoms with Crippen molar-refractivity contribution < 1.29 is 18.8 Å². The first-order chi connectivity index (χ1) is 14.6. The molecule has 2 aromatic carbocycles. The van der Waals surface area contributed by atoms with Crippen LogP contribution in [0.4, 0.5) is 15.8 Å². The summed E-state index contributed by atoms with van der Waals surface area (Å²) < 4.78 is 13.0. The van der Waals surface area contributed by atoms with Gasteiger partial charge in [0.05, 0.1) is 6.33 Å². The molecule has 0 fully saturated rings. The van der Waals surface area contributed by atoms with Crippen LogP contribution in [0.15, 0.2) is 54.9 Å². The molecule has 0 atom stereocenters. The fourth-order valence-corrected chi connectivity index (χ4v) is 3.06. The number of hydrogen-bond donors (Lipinski definition) is 3. The van der Waals surface area contributed by atoms with E-state index in [0.717, 1.165) is 0 Å². The van der Waals surface area contributed by atoms with E-state index in [2.05, 4.69) is 15.3 Å². The highest BCUT2D eigenvalue weighted by Gasteiger charge is 2.32. The maximum atomic E-state index is 13.2. The Bertz CT molecular complexity index is 1120. The third kappa shape index (κ3) is 4.77. The molecule has 31 heavy (non-hydrogen) atoms. The maximum absolute atomic E-state index is 13.2. The second-order valence-corrected chi connectivity index (χ2v) is 7.81. The summed E-state index contributed by atoms with van der Waals surface area (Å²) in [7, 11) is 0. The van der Waals surface area contributed by atoms with Crippen molar-refractivity contribution in [2.24, 2.45) is 5.73 Å². The van der Waals surface area contributed by atoms with E-state index in [4.69, 9.17) is 5.73 Å². The zero-order valence-electron chi connectivity index (χ0n) is 17.3. The molecule has 0 aliphatic rings. The van der Waals surface area contributed by atoms with Crippen molar-refractivity contribution in [3.8, 4) is 0 Å². The van der Waals surface area contributed by atoms with Gasteiger partial charge in [0.1, 0.15) is 11.5 Å². The van der Waals surface area contributed by atoms with Gasteiger partial charge in [-0.1, -0.05) is 0 Å². The number of H-pyrrole nitrogens is 1. The Labute approximate surface area is 178 Å². The molecular formula is C22H22FN5O3. The van der Waals surface area contributed by atoms with E-state index in [-0.39, 0.29) is 17.3 Å². The summed E-state index contributed by atoms with van der Waals surface area (Å²) in [6.07, 6.45) is 1.24. The number of anilines is 2. The third-order valence-electron chi connectivity index (χ3n) is 4.45. The van der Waals surface area contributed by atoms with E-state index >= 15 is 0 Å². The number of imidazole rings is 1. The van der Waals surface area contributed by atoms with Gasteiger partial charge < -0.3 is 20.9 Å². The molecule has 0 bridgehead atoms. The molecule has 0 aliphatic heterocycles. The minimum atomic E-state index is -0.784. The van der Waals surface area contributed by atoms with Crippen LogP contribution in [0.3, 0.4) is 0 Å². The summed E-state index contributed by atoms with van der Waals surface area (Å²) in [5.74, 6) is -2.09. The van der Waals surface area contributed by atoms with Crippen LogP contribution in [0.25, 0.3) is 0 Å². The van der Waals surface area contributed by atoms with Crippen molar-refractivity contribution in [2.45, 2.75) is 26.3 Å². The molecule has 3 rings (SSSR count). The molecule has 0 radical (unpaired) electrons. The van der Waals surface area contributed by atoms with Gasteiger partial charge in [0.2, 0.25) is 0 Å². The smallest absolute Gasteiger partial charge is 0.279 e. The van der Waals surface area contributed by atoms with E-state index in [9.17, 15) is 18.8 Å². The van der Waals surface area contributed by atoms with Crippen molar-refractivity contribution in [3.05, 3.63) is 77.6 Å². The van der Waals surface area contributed by atoms with Gasteiger partial charge in [0.25, 0.3) is 17.7 Å². The Morgan fingerprint density at radius 2 is 1.65 bits per heavy atom. The lowest BCUT2D eigenvalue weighted by Gasteiger charge is -2.35. The van der Waals surface area contributed by atoms with E-state index in [1.165, 1.54) is 35.5 Å². The number of primary amides is 1. The topological polar surface area (TPSA) is 121 Å². The number of nitrogens with one attached hydrogen (secondary N) is 2. The number of hydrogen-bond acceptors (Lipinski definition) is 4. The molecule has 0 unspecified atom stereocenters. The second-order valence-electron chi connectivity index (χ2n) is 7.81. The Kier molecular flexibility index (Phi) is 5.87. The summed E-state index contributed by atoms with van der Waals surface area (Å²) in [6.45, 7) is 5.52. The molecule has 8 nitrogen and oxygen atoms in total. The van der Waals surface area contributed by atoms with Gasteiger partial charge in [0, 0.05) is 22.5 Å². The summed E-state index contributed by atoms with van der Waals surface area (Å²) in [5.41, 5.74) is 5.89. The second kappa shape index (κ2) is 8.39. The average Bonchev–Trinajstić information content (AvgIpc) is 3.19. The zero-order chi connectivity index (χ0) is 22.8. The molecule has 0 aliphatic carbocycles. The molecular weight excluding hydrogens is 401 g/mol. The van der Waals surface area contributed by atoms with E-state index in [0.29, 0.717) is 16.9 Å². The lowest BCUT2D eigenvalue weighted by atomic mass is 10.0. The highest BCUT2D eigenvalue weighted by atomic mass is 19.1. The highest BCUT2D eigenvalue weighted by Crippen LogP contribution is 2.28. The molecule has 160 valence electrons. The fourth-order valence-electron chi connectivity index (χ4n) is 3.06. The minimum absolute atomic E-state index is 0.0672. The lowest BCUT2D eigenvalue weighted by molar-refractivity contribution is 0.0940. The van der Waals surface area contributed by atoms with Gasteiger partial charge >= 0.3 is 0 Å². The first-order valence-corrected chi connectivity index (χ1v) is 9.42. The maximum Gasteiger partial charge on any atom is 0.279 e. The molecule has 9 heteroatoms. The van der Waals surface area contributed by atoms with Crippen LogP contribution in [0.2, 0.25) is 0 Å². The standard InChI is InChI=1S/C22H22FN5O3/c1-22(2,3)28(21(31)18-17(19(24)29)25-12-26-18)16-10-8-15(9-11-16)27-20(30)13-4-6-14(23)7-5-13/h4-12H,1-3H3,(H2,24,29)(H,25,26)(H,27,30). The van der Waals surface area contributed by atoms with Crippen LogP contribution < -0.4 is 16.0 Å².